The van der Waals surface area contributed by atoms with Crippen molar-refractivity contribution in [2.45, 2.75) is 19.8 Å². The molecule has 1 aliphatic heterocycles. The molecule has 3 nitrogen and oxygen atoms in total. The number of halogens is 1. The summed E-state index contributed by atoms with van der Waals surface area (Å²) in [5.41, 5.74) is 2.32. The number of cyclic esters (lactones) is 2. The lowest BCUT2D eigenvalue weighted by atomic mass is 9.97. The molecule has 0 saturated carbocycles. The Kier molecular flexibility index (Phi) is 3.43. The number of carbonyl (C=O) groups excluding carboxylic acids is 2. The fraction of sp³-hybridized carbons (Fsp3) is 0.231. The minimum atomic E-state index is -0.505. The maximum atomic E-state index is 11.5. The van der Waals surface area contributed by atoms with Gasteiger partial charge in [0.05, 0.1) is 12.0 Å². The van der Waals surface area contributed by atoms with Crippen molar-refractivity contribution in [3.8, 4) is 0 Å². The zero-order chi connectivity index (χ0) is 12.4. The van der Waals surface area contributed by atoms with Gasteiger partial charge in [0, 0.05) is 4.47 Å². The number of rotatable bonds is 2. The summed E-state index contributed by atoms with van der Waals surface area (Å²) >= 11 is 3.36. The van der Waals surface area contributed by atoms with E-state index in [0.29, 0.717) is 12.0 Å². The Morgan fingerprint density at radius 1 is 1.29 bits per heavy atom. The van der Waals surface area contributed by atoms with E-state index in [1.807, 2.05) is 31.2 Å². The van der Waals surface area contributed by atoms with Gasteiger partial charge in [-0.1, -0.05) is 35.0 Å². The molecule has 1 heterocycles. The van der Waals surface area contributed by atoms with Crippen LogP contribution in [0.4, 0.5) is 0 Å². The molecule has 1 aromatic carbocycles. The highest BCUT2D eigenvalue weighted by molar-refractivity contribution is 9.10. The maximum absolute atomic E-state index is 11.5. The molecule has 0 unspecified atom stereocenters. The van der Waals surface area contributed by atoms with Gasteiger partial charge in [-0.15, -0.1) is 0 Å². The van der Waals surface area contributed by atoms with Crippen LogP contribution in [0.25, 0.3) is 5.57 Å². The molecule has 0 spiro atoms. The molecule has 1 aliphatic rings. The molecule has 0 bridgehead atoms. The quantitative estimate of drug-likeness (QED) is 0.478. The molecular formula is C13H11BrO3. The second-order valence-corrected chi connectivity index (χ2v) is 4.67. The Hall–Kier alpha value is -1.42. The van der Waals surface area contributed by atoms with Gasteiger partial charge in [0.25, 0.3) is 0 Å². The highest BCUT2D eigenvalue weighted by Gasteiger charge is 2.29. The van der Waals surface area contributed by atoms with Crippen molar-refractivity contribution in [1.82, 2.24) is 0 Å². The highest BCUT2D eigenvalue weighted by Crippen LogP contribution is 2.29. The van der Waals surface area contributed by atoms with Crippen LogP contribution in [-0.4, -0.2) is 11.9 Å². The van der Waals surface area contributed by atoms with E-state index >= 15 is 0 Å². The van der Waals surface area contributed by atoms with Crippen LogP contribution in [0.5, 0.6) is 0 Å². The van der Waals surface area contributed by atoms with Crippen LogP contribution in [0.1, 0.15) is 25.3 Å². The Labute approximate surface area is 108 Å². The summed E-state index contributed by atoms with van der Waals surface area (Å²) in [7, 11) is 0. The molecule has 1 saturated heterocycles. The smallest absolute Gasteiger partial charge is 0.342 e. The van der Waals surface area contributed by atoms with E-state index in [9.17, 15) is 9.59 Å². The van der Waals surface area contributed by atoms with Crippen molar-refractivity contribution < 1.29 is 14.3 Å². The minimum Gasteiger partial charge on any atom is -0.389 e. The molecule has 0 N–H and O–H groups in total. The average molecular weight is 295 g/mol. The Balaban J connectivity index is 2.46. The van der Waals surface area contributed by atoms with E-state index in [1.165, 1.54) is 0 Å². The van der Waals surface area contributed by atoms with Crippen LogP contribution in [0, 0.1) is 0 Å². The topological polar surface area (TPSA) is 43.4 Å². The standard InChI is InChI=1S/C13H11BrO3/c1-2-10(8-3-5-9(14)6-4-8)11-7-12(15)17-13(11)16/h3-6H,2,7H2,1H3/b11-10-. The number of esters is 2. The molecule has 0 atom stereocenters. The van der Waals surface area contributed by atoms with Gasteiger partial charge in [-0.25, -0.2) is 4.79 Å². The third-order valence-corrected chi connectivity index (χ3v) is 3.21. The van der Waals surface area contributed by atoms with Crippen molar-refractivity contribution >= 4 is 33.4 Å². The molecule has 0 radical (unpaired) electrons. The van der Waals surface area contributed by atoms with Crippen LogP contribution in [0.15, 0.2) is 34.3 Å². The molecule has 88 valence electrons. The van der Waals surface area contributed by atoms with Crippen molar-refractivity contribution in [2.75, 3.05) is 0 Å². The van der Waals surface area contributed by atoms with Gasteiger partial charge < -0.3 is 4.74 Å². The molecule has 0 amide bonds. The van der Waals surface area contributed by atoms with Gasteiger partial charge >= 0.3 is 11.9 Å². The lowest BCUT2D eigenvalue weighted by Crippen LogP contribution is -1.99. The predicted octanol–water partition coefficient (Wildman–Crippen LogP) is 3.09. The first kappa shape index (κ1) is 12.0. The van der Waals surface area contributed by atoms with E-state index in [4.69, 9.17) is 0 Å². The lowest BCUT2D eigenvalue weighted by molar-refractivity contribution is -0.151. The summed E-state index contributed by atoms with van der Waals surface area (Å²) in [5, 5.41) is 0. The van der Waals surface area contributed by atoms with Gasteiger partial charge in [-0.2, -0.15) is 0 Å². The van der Waals surface area contributed by atoms with Crippen LogP contribution in [0.2, 0.25) is 0 Å². The summed E-state index contributed by atoms with van der Waals surface area (Å²) in [6.45, 7) is 1.96. The van der Waals surface area contributed by atoms with Crippen LogP contribution >= 0.6 is 15.9 Å². The number of ether oxygens (including phenoxy) is 1. The Morgan fingerprint density at radius 3 is 2.41 bits per heavy atom. The van der Waals surface area contributed by atoms with E-state index < -0.39 is 11.9 Å². The van der Waals surface area contributed by atoms with Gasteiger partial charge in [-0.3, -0.25) is 4.79 Å². The molecule has 4 heteroatoms. The van der Waals surface area contributed by atoms with E-state index in [-0.39, 0.29) is 6.42 Å². The third-order valence-electron chi connectivity index (χ3n) is 2.68. The number of carbonyl (C=O) groups is 2. The van der Waals surface area contributed by atoms with Gasteiger partial charge in [0.2, 0.25) is 0 Å². The third kappa shape index (κ3) is 2.47. The fourth-order valence-corrected chi connectivity index (χ4v) is 2.15. The normalized spacial score (nSPS) is 18.2. The molecule has 1 fully saturated rings. The van der Waals surface area contributed by atoms with E-state index in [2.05, 4.69) is 20.7 Å². The summed E-state index contributed by atoms with van der Waals surface area (Å²) in [4.78, 5) is 22.6. The molecule has 0 aromatic heterocycles. The summed E-state index contributed by atoms with van der Waals surface area (Å²) in [6, 6.07) is 7.67. The van der Waals surface area contributed by atoms with Gasteiger partial charge in [0.1, 0.15) is 0 Å². The van der Waals surface area contributed by atoms with E-state index in [1.54, 1.807) is 0 Å². The SMILES string of the molecule is CC/C(=C1\CC(=O)OC1=O)c1ccc(Br)cc1. The van der Waals surface area contributed by atoms with Crippen LogP contribution in [-0.2, 0) is 14.3 Å². The number of hydrogen-bond donors (Lipinski definition) is 0. The fourth-order valence-electron chi connectivity index (χ4n) is 1.89. The zero-order valence-corrected chi connectivity index (χ0v) is 10.9. The van der Waals surface area contributed by atoms with Crippen LogP contribution < -0.4 is 0 Å². The predicted molar refractivity (Wildman–Crippen MR) is 67.1 cm³/mol. The molecular weight excluding hydrogens is 284 g/mol. The first-order chi connectivity index (χ1) is 8.11. The monoisotopic (exact) mass is 294 g/mol. The second kappa shape index (κ2) is 4.84. The molecule has 2 rings (SSSR count). The van der Waals surface area contributed by atoms with Crippen molar-refractivity contribution in [1.29, 1.82) is 0 Å². The maximum Gasteiger partial charge on any atom is 0.342 e. The summed E-state index contributed by atoms with van der Waals surface area (Å²) in [6.07, 6.45) is 0.775. The molecule has 0 aliphatic carbocycles. The number of benzene rings is 1. The Bertz CT molecular complexity index is 500. The first-order valence-corrected chi connectivity index (χ1v) is 6.14. The zero-order valence-electron chi connectivity index (χ0n) is 9.33. The van der Waals surface area contributed by atoms with Crippen molar-refractivity contribution in [3.05, 3.63) is 39.9 Å². The van der Waals surface area contributed by atoms with E-state index in [0.717, 1.165) is 15.6 Å². The largest absolute Gasteiger partial charge is 0.389 e. The number of allylic oxidation sites excluding steroid dienone is 1. The summed E-state index contributed by atoms with van der Waals surface area (Å²) < 4.78 is 5.54. The van der Waals surface area contributed by atoms with Crippen molar-refractivity contribution in [3.63, 3.8) is 0 Å². The van der Waals surface area contributed by atoms with Crippen LogP contribution in [0.3, 0.4) is 0 Å². The minimum absolute atomic E-state index is 0.0814. The second-order valence-electron chi connectivity index (χ2n) is 3.76. The molecule has 1 aromatic rings. The summed E-state index contributed by atoms with van der Waals surface area (Å²) in [5.74, 6) is -0.970. The number of hydrogen-bond acceptors (Lipinski definition) is 3. The molecule has 17 heavy (non-hydrogen) atoms. The lowest BCUT2D eigenvalue weighted by Gasteiger charge is -2.07. The van der Waals surface area contributed by atoms with Gasteiger partial charge in [0.15, 0.2) is 0 Å². The Morgan fingerprint density at radius 2 is 1.94 bits per heavy atom. The highest BCUT2D eigenvalue weighted by atomic mass is 79.9. The first-order valence-electron chi connectivity index (χ1n) is 5.34. The van der Waals surface area contributed by atoms with Crippen molar-refractivity contribution in [2.24, 2.45) is 0 Å². The average Bonchev–Trinajstić information content (AvgIpc) is 2.62. The van der Waals surface area contributed by atoms with Gasteiger partial charge in [-0.05, 0) is 29.7 Å².